The number of benzene rings is 4. The summed E-state index contributed by atoms with van der Waals surface area (Å²) in [4.78, 5) is 8.99. The number of rotatable bonds is 4. The van der Waals surface area contributed by atoms with E-state index in [1.165, 1.54) is 16.3 Å². The molecule has 5 rings (SSSR count). The van der Waals surface area contributed by atoms with E-state index in [2.05, 4.69) is 76.5 Å². The third-order valence-electron chi connectivity index (χ3n) is 5.70. The number of ether oxygens (including phenoxy) is 1. The van der Waals surface area contributed by atoms with E-state index in [0.29, 0.717) is 0 Å². The molecule has 4 nitrogen and oxygen atoms in total. The predicted octanol–water partition coefficient (Wildman–Crippen LogP) is 6.36. The second kappa shape index (κ2) is 9.02. The van der Waals surface area contributed by atoms with E-state index in [1.807, 2.05) is 42.5 Å². The van der Waals surface area contributed by atoms with Crippen molar-refractivity contribution < 1.29 is 4.74 Å². The smallest absolute Gasteiger partial charge is 0.137 e. The van der Waals surface area contributed by atoms with Crippen LogP contribution < -0.4 is 10.1 Å². The van der Waals surface area contributed by atoms with Gasteiger partial charge in [-0.3, -0.25) is 0 Å². The summed E-state index contributed by atoms with van der Waals surface area (Å²) in [5.74, 6) is 8.06. The zero-order valence-corrected chi connectivity index (χ0v) is 18.5. The normalized spacial score (nSPS) is 11.6. The lowest BCUT2D eigenvalue weighted by Gasteiger charge is -2.18. The van der Waals surface area contributed by atoms with E-state index in [4.69, 9.17) is 4.74 Å². The van der Waals surface area contributed by atoms with E-state index >= 15 is 0 Å². The Bertz CT molecular complexity index is 1510. The molecule has 0 saturated heterocycles. The van der Waals surface area contributed by atoms with Gasteiger partial charge in [0.1, 0.15) is 17.9 Å². The zero-order chi connectivity index (χ0) is 22.6. The number of nitrogens with zero attached hydrogens (tertiary/aromatic N) is 2. The molecule has 0 aliphatic rings. The molecule has 0 aliphatic heterocycles. The van der Waals surface area contributed by atoms with Crippen LogP contribution in [0.1, 0.15) is 29.7 Å². The second-order valence-electron chi connectivity index (χ2n) is 7.87. The third-order valence-corrected chi connectivity index (χ3v) is 5.70. The molecule has 0 fully saturated rings. The van der Waals surface area contributed by atoms with Crippen molar-refractivity contribution in [3.05, 3.63) is 108 Å². The first-order valence-corrected chi connectivity index (χ1v) is 10.9. The minimum Gasteiger partial charge on any atom is -0.497 e. The minimum atomic E-state index is 0.0701. The predicted molar refractivity (Wildman–Crippen MR) is 134 cm³/mol. The molecular formula is C29H23N3O. The van der Waals surface area contributed by atoms with Crippen LogP contribution in [0.4, 0.5) is 5.82 Å². The van der Waals surface area contributed by atoms with E-state index in [9.17, 15) is 0 Å². The SMILES string of the molecule is COc1cccc(C#Cc2ccc3ncnc(NC(C)c4cccc5ccccc45)c3c2)c1. The summed E-state index contributed by atoms with van der Waals surface area (Å²) in [5.41, 5.74) is 3.92. The molecule has 0 spiro atoms. The largest absolute Gasteiger partial charge is 0.497 e. The van der Waals surface area contributed by atoms with Crippen molar-refractivity contribution in [2.75, 3.05) is 12.4 Å². The van der Waals surface area contributed by atoms with Crippen LogP contribution in [0.2, 0.25) is 0 Å². The van der Waals surface area contributed by atoms with E-state index < -0.39 is 0 Å². The molecule has 0 bridgehead atoms. The molecule has 1 aromatic heterocycles. The van der Waals surface area contributed by atoms with Gasteiger partial charge in [-0.05, 0) is 59.7 Å². The Morgan fingerprint density at radius 3 is 2.45 bits per heavy atom. The fourth-order valence-electron chi connectivity index (χ4n) is 4.01. The maximum absolute atomic E-state index is 5.29. The van der Waals surface area contributed by atoms with E-state index in [1.54, 1.807) is 13.4 Å². The highest BCUT2D eigenvalue weighted by molar-refractivity contribution is 5.91. The van der Waals surface area contributed by atoms with Crippen LogP contribution in [0.15, 0.2) is 91.3 Å². The molecule has 1 atom stereocenters. The molecule has 0 saturated carbocycles. The van der Waals surface area contributed by atoms with Crippen molar-refractivity contribution in [3.63, 3.8) is 0 Å². The molecular weight excluding hydrogens is 406 g/mol. The summed E-state index contributed by atoms with van der Waals surface area (Å²) in [6.45, 7) is 2.15. The molecule has 1 unspecified atom stereocenters. The van der Waals surface area contributed by atoms with Crippen LogP contribution in [0.5, 0.6) is 5.75 Å². The quantitative estimate of drug-likeness (QED) is 0.338. The fraction of sp³-hybridized carbons (Fsp3) is 0.103. The Hall–Kier alpha value is -4.36. The summed E-state index contributed by atoms with van der Waals surface area (Å²) < 4.78 is 5.29. The number of fused-ring (bicyclic) bond motifs is 2. The van der Waals surface area contributed by atoms with Gasteiger partial charge in [-0.15, -0.1) is 0 Å². The van der Waals surface area contributed by atoms with E-state index in [0.717, 1.165) is 33.6 Å². The number of anilines is 1. The summed E-state index contributed by atoms with van der Waals surface area (Å²) in [7, 11) is 1.66. The number of methoxy groups -OCH3 is 1. The van der Waals surface area contributed by atoms with Crippen LogP contribution in [-0.2, 0) is 0 Å². The molecule has 160 valence electrons. The first-order valence-electron chi connectivity index (χ1n) is 10.9. The van der Waals surface area contributed by atoms with Crippen LogP contribution in [0, 0.1) is 11.8 Å². The highest BCUT2D eigenvalue weighted by Gasteiger charge is 2.12. The van der Waals surface area contributed by atoms with Gasteiger partial charge < -0.3 is 10.1 Å². The molecule has 4 aromatic carbocycles. The van der Waals surface area contributed by atoms with Crippen molar-refractivity contribution in [1.82, 2.24) is 9.97 Å². The second-order valence-corrected chi connectivity index (χ2v) is 7.87. The van der Waals surface area contributed by atoms with Gasteiger partial charge in [0.25, 0.3) is 0 Å². The molecule has 5 aromatic rings. The number of hydrogen-bond donors (Lipinski definition) is 1. The number of hydrogen-bond acceptors (Lipinski definition) is 4. The van der Waals surface area contributed by atoms with Gasteiger partial charge in [-0.25, -0.2) is 9.97 Å². The summed E-state index contributed by atoms with van der Waals surface area (Å²) in [5, 5.41) is 7.01. The first-order chi connectivity index (χ1) is 16.2. The van der Waals surface area contributed by atoms with Gasteiger partial charge in [0, 0.05) is 16.5 Å². The number of aromatic nitrogens is 2. The lowest BCUT2D eigenvalue weighted by Crippen LogP contribution is -2.09. The highest BCUT2D eigenvalue weighted by Crippen LogP contribution is 2.29. The molecule has 4 heteroatoms. The van der Waals surface area contributed by atoms with Crippen LogP contribution in [-0.4, -0.2) is 17.1 Å². The molecule has 1 heterocycles. The van der Waals surface area contributed by atoms with Gasteiger partial charge in [-0.1, -0.05) is 60.4 Å². The van der Waals surface area contributed by atoms with Gasteiger partial charge in [0.05, 0.1) is 18.7 Å². The molecule has 0 amide bonds. The average Bonchev–Trinajstić information content (AvgIpc) is 2.87. The number of nitrogens with one attached hydrogen (secondary N) is 1. The fourth-order valence-corrected chi connectivity index (χ4v) is 4.01. The lowest BCUT2D eigenvalue weighted by molar-refractivity contribution is 0.414. The monoisotopic (exact) mass is 429 g/mol. The summed E-state index contributed by atoms with van der Waals surface area (Å²) in [6.07, 6.45) is 1.60. The van der Waals surface area contributed by atoms with Crippen molar-refractivity contribution >= 4 is 27.5 Å². The Labute approximate surface area is 193 Å². The zero-order valence-electron chi connectivity index (χ0n) is 18.5. The van der Waals surface area contributed by atoms with Gasteiger partial charge in [0.2, 0.25) is 0 Å². The van der Waals surface area contributed by atoms with Gasteiger partial charge in [0.15, 0.2) is 0 Å². The maximum Gasteiger partial charge on any atom is 0.137 e. The van der Waals surface area contributed by atoms with E-state index in [-0.39, 0.29) is 6.04 Å². The Balaban J connectivity index is 1.48. The van der Waals surface area contributed by atoms with Gasteiger partial charge >= 0.3 is 0 Å². The lowest BCUT2D eigenvalue weighted by atomic mass is 9.99. The topological polar surface area (TPSA) is 47.0 Å². The Morgan fingerprint density at radius 2 is 1.58 bits per heavy atom. The molecule has 1 N–H and O–H groups in total. The molecule has 0 radical (unpaired) electrons. The minimum absolute atomic E-state index is 0.0701. The van der Waals surface area contributed by atoms with Crippen molar-refractivity contribution in [3.8, 4) is 17.6 Å². The first kappa shape index (κ1) is 20.5. The maximum atomic E-state index is 5.29. The Kier molecular flexibility index (Phi) is 5.61. The summed E-state index contributed by atoms with van der Waals surface area (Å²) in [6, 6.07) is 28.7. The van der Waals surface area contributed by atoms with Crippen molar-refractivity contribution in [1.29, 1.82) is 0 Å². The molecule has 33 heavy (non-hydrogen) atoms. The van der Waals surface area contributed by atoms with Crippen LogP contribution in [0.25, 0.3) is 21.7 Å². The van der Waals surface area contributed by atoms with Crippen LogP contribution in [0.3, 0.4) is 0 Å². The summed E-state index contributed by atoms with van der Waals surface area (Å²) >= 11 is 0. The van der Waals surface area contributed by atoms with Crippen LogP contribution >= 0.6 is 0 Å². The van der Waals surface area contributed by atoms with Crippen molar-refractivity contribution in [2.24, 2.45) is 0 Å². The highest BCUT2D eigenvalue weighted by atomic mass is 16.5. The Morgan fingerprint density at radius 1 is 0.788 bits per heavy atom. The molecule has 0 aliphatic carbocycles. The van der Waals surface area contributed by atoms with Crippen molar-refractivity contribution in [2.45, 2.75) is 13.0 Å². The third kappa shape index (κ3) is 4.35. The standard InChI is InChI=1S/C29H23N3O/c1-20(25-12-6-9-23-8-3-4-11-26(23)25)32-29-27-18-22(15-16-28(27)30-19-31-29)14-13-21-7-5-10-24(17-21)33-2/h3-12,15-20H,1-2H3,(H,30,31,32). The average molecular weight is 430 g/mol. The van der Waals surface area contributed by atoms with Gasteiger partial charge in [-0.2, -0.15) is 0 Å².